The number of urea groups is 1. The Morgan fingerprint density at radius 1 is 1.41 bits per heavy atom. The van der Waals surface area contributed by atoms with E-state index in [1.54, 1.807) is 29.2 Å². The molecular weight excluding hydrogens is 369 g/mol. The van der Waals surface area contributed by atoms with Crippen molar-refractivity contribution in [3.63, 3.8) is 0 Å². The standard InChI is InChI=1S/C20H19ClFN3O2/c1-13(15-4-2-3-14(9-15)11-23)24-20(26)25-7-8-27-19(12-25)16-5-6-18(22)17(21)10-16/h2-6,9-10,13,19H,7-8,12H2,1H3,(H,24,26)/t13-,19+/m0/s1. The summed E-state index contributed by atoms with van der Waals surface area (Å²) < 4.78 is 19.1. The zero-order valence-electron chi connectivity index (χ0n) is 14.8. The topological polar surface area (TPSA) is 65.4 Å². The van der Waals surface area contributed by atoms with Gasteiger partial charge in [0.25, 0.3) is 0 Å². The van der Waals surface area contributed by atoms with Gasteiger partial charge in [-0.25, -0.2) is 9.18 Å². The second-order valence-electron chi connectivity index (χ2n) is 6.39. The molecule has 140 valence electrons. The van der Waals surface area contributed by atoms with Crippen molar-refractivity contribution in [3.8, 4) is 6.07 Å². The van der Waals surface area contributed by atoms with E-state index in [-0.39, 0.29) is 23.2 Å². The molecule has 27 heavy (non-hydrogen) atoms. The van der Waals surface area contributed by atoms with Gasteiger partial charge in [-0.1, -0.05) is 29.8 Å². The molecule has 0 saturated carbocycles. The predicted octanol–water partition coefficient (Wildman–Crippen LogP) is 4.19. The number of amides is 2. The number of hydrogen-bond acceptors (Lipinski definition) is 3. The molecule has 5 nitrogen and oxygen atoms in total. The van der Waals surface area contributed by atoms with Gasteiger partial charge in [0, 0.05) is 6.54 Å². The van der Waals surface area contributed by atoms with Gasteiger partial charge in [0.05, 0.1) is 35.8 Å². The van der Waals surface area contributed by atoms with Crippen molar-refractivity contribution in [1.82, 2.24) is 10.2 Å². The highest BCUT2D eigenvalue weighted by Crippen LogP contribution is 2.26. The normalized spacial score (nSPS) is 17.9. The highest BCUT2D eigenvalue weighted by molar-refractivity contribution is 6.30. The maximum atomic E-state index is 13.4. The minimum absolute atomic E-state index is 0.0312. The fourth-order valence-electron chi connectivity index (χ4n) is 2.99. The van der Waals surface area contributed by atoms with E-state index in [1.165, 1.54) is 12.1 Å². The van der Waals surface area contributed by atoms with Crippen molar-refractivity contribution in [2.75, 3.05) is 19.7 Å². The Hall–Kier alpha value is -2.62. The first-order chi connectivity index (χ1) is 13.0. The maximum Gasteiger partial charge on any atom is 0.318 e. The molecule has 2 aromatic rings. The monoisotopic (exact) mass is 387 g/mol. The van der Waals surface area contributed by atoms with E-state index in [2.05, 4.69) is 11.4 Å². The molecule has 1 aliphatic heterocycles. The summed E-state index contributed by atoms with van der Waals surface area (Å²) in [5.74, 6) is -0.487. The zero-order chi connectivity index (χ0) is 19.4. The maximum absolute atomic E-state index is 13.4. The number of nitriles is 1. The minimum atomic E-state index is -0.487. The van der Waals surface area contributed by atoms with Crippen LogP contribution in [0.25, 0.3) is 0 Å². The molecule has 2 amide bonds. The van der Waals surface area contributed by atoms with Crippen molar-refractivity contribution in [1.29, 1.82) is 5.26 Å². The Bertz CT molecular complexity index is 884. The van der Waals surface area contributed by atoms with Gasteiger partial charge in [0.2, 0.25) is 0 Å². The van der Waals surface area contributed by atoms with Crippen LogP contribution in [0.4, 0.5) is 9.18 Å². The third-order valence-corrected chi connectivity index (χ3v) is 4.81. The quantitative estimate of drug-likeness (QED) is 0.858. The number of carbonyl (C=O) groups is 1. The average Bonchev–Trinajstić information content (AvgIpc) is 2.70. The van der Waals surface area contributed by atoms with Crippen LogP contribution in [0.5, 0.6) is 0 Å². The number of rotatable bonds is 3. The van der Waals surface area contributed by atoms with E-state index in [9.17, 15) is 9.18 Å². The molecule has 7 heteroatoms. The molecule has 2 aromatic carbocycles. The van der Waals surface area contributed by atoms with Crippen LogP contribution < -0.4 is 5.32 Å². The lowest BCUT2D eigenvalue weighted by molar-refractivity contribution is -0.0157. The number of nitrogens with zero attached hydrogens (tertiary/aromatic N) is 2. The fraction of sp³-hybridized carbons (Fsp3) is 0.300. The van der Waals surface area contributed by atoms with Gasteiger partial charge in [-0.15, -0.1) is 0 Å². The third-order valence-electron chi connectivity index (χ3n) is 4.52. The Balaban J connectivity index is 1.65. The van der Waals surface area contributed by atoms with Crippen LogP contribution in [0.1, 0.15) is 35.8 Å². The lowest BCUT2D eigenvalue weighted by Crippen LogP contribution is -2.47. The van der Waals surface area contributed by atoms with E-state index >= 15 is 0 Å². The molecule has 0 spiro atoms. The summed E-state index contributed by atoms with van der Waals surface area (Å²) in [5, 5.41) is 12.0. The zero-order valence-corrected chi connectivity index (χ0v) is 15.5. The molecule has 1 N–H and O–H groups in total. The van der Waals surface area contributed by atoms with Crippen molar-refractivity contribution in [2.24, 2.45) is 0 Å². The molecule has 0 bridgehead atoms. The molecule has 1 heterocycles. The van der Waals surface area contributed by atoms with Gasteiger partial charge < -0.3 is 15.0 Å². The van der Waals surface area contributed by atoms with Crippen LogP contribution in [0.15, 0.2) is 42.5 Å². The van der Waals surface area contributed by atoms with E-state index in [1.807, 2.05) is 13.0 Å². The van der Waals surface area contributed by atoms with E-state index in [0.29, 0.717) is 25.3 Å². The Morgan fingerprint density at radius 3 is 2.96 bits per heavy atom. The minimum Gasteiger partial charge on any atom is -0.370 e. The second kappa shape index (κ2) is 8.38. The number of ether oxygens (including phenoxy) is 1. The lowest BCUT2D eigenvalue weighted by atomic mass is 10.1. The number of carbonyl (C=O) groups excluding carboxylic acids is 1. The Labute approximate surface area is 162 Å². The van der Waals surface area contributed by atoms with Gasteiger partial charge in [-0.05, 0) is 42.3 Å². The first kappa shape index (κ1) is 19.2. The number of halogens is 2. The Morgan fingerprint density at radius 2 is 2.22 bits per heavy atom. The summed E-state index contributed by atoms with van der Waals surface area (Å²) in [5.41, 5.74) is 2.14. The molecule has 0 radical (unpaired) electrons. The summed E-state index contributed by atoms with van der Waals surface area (Å²) in [4.78, 5) is 14.3. The van der Waals surface area contributed by atoms with Gasteiger partial charge in [-0.2, -0.15) is 5.26 Å². The van der Waals surface area contributed by atoms with Crippen molar-refractivity contribution >= 4 is 17.6 Å². The van der Waals surface area contributed by atoms with Crippen LogP contribution in [-0.4, -0.2) is 30.6 Å². The van der Waals surface area contributed by atoms with Crippen molar-refractivity contribution in [2.45, 2.75) is 19.1 Å². The fourth-order valence-corrected chi connectivity index (χ4v) is 3.17. The summed E-state index contributed by atoms with van der Waals surface area (Å²) in [7, 11) is 0. The van der Waals surface area contributed by atoms with E-state index in [4.69, 9.17) is 21.6 Å². The van der Waals surface area contributed by atoms with Crippen LogP contribution in [0, 0.1) is 17.1 Å². The first-order valence-electron chi connectivity index (χ1n) is 8.60. The van der Waals surface area contributed by atoms with E-state index in [0.717, 1.165) is 11.1 Å². The van der Waals surface area contributed by atoms with Crippen LogP contribution in [-0.2, 0) is 4.74 Å². The number of nitrogens with one attached hydrogen (secondary N) is 1. The summed E-state index contributed by atoms with van der Waals surface area (Å²) in [6.45, 7) is 3.05. The molecule has 3 rings (SSSR count). The highest BCUT2D eigenvalue weighted by atomic mass is 35.5. The molecule has 2 atom stereocenters. The van der Waals surface area contributed by atoms with Gasteiger partial charge in [0.15, 0.2) is 0 Å². The van der Waals surface area contributed by atoms with Gasteiger partial charge in [-0.3, -0.25) is 0 Å². The molecule has 1 saturated heterocycles. The second-order valence-corrected chi connectivity index (χ2v) is 6.79. The molecule has 0 unspecified atom stereocenters. The van der Waals surface area contributed by atoms with Gasteiger partial charge >= 0.3 is 6.03 Å². The van der Waals surface area contributed by atoms with Gasteiger partial charge in [0.1, 0.15) is 11.9 Å². The molecule has 1 aliphatic rings. The predicted molar refractivity (Wildman–Crippen MR) is 99.8 cm³/mol. The summed E-state index contributed by atoms with van der Waals surface area (Å²) >= 11 is 5.85. The van der Waals surface area contributed by atoms with E-state index < -0.39 is 5.82 Å². The van der Waals surface area contributed by atoms with Crippen LogP contribution in [0.3, 0.4) is 0 Å². The highest BCUT2D eigenvalue weighted by Gasteiger charge is 2.26. The largest absolute Gasteiger partial charge is 0.370 e. The summed E-state index contributed by atoms with van der Waals surface area (Å²) in [6.07, 6.45) is -0.361. The SMILES string of the molecule is C[C@H](NC(=O)N1CCO[C@@H](c2ccc(F)c(Cl)c2)C1)c1cccc(C#N)c1. The third kappa shape index (κ3) is 4.57. The lowest BCUT2D eigenvalue weighted by Gasteiger charge is -2.34. The smallest absolute Gasteiger partial charge is 0.318 e. The van der Waals surface area contributed by atoms with Crippen molar-refractivity contribution < 1.29 is 13.9 Å². The summed E-state index contributed by atoms with van der Waals surface area (Å²) in [6, 6.07) is 13.2. The molecule has 0 aliphatic carbocycles. The van der Waals surface area contributed by atoms with Crippen LogP contribution in [0.2, 0.25) is 5.02 Å². The number of hydrogen-bond donors (Lipinski definition) is 1. The number of morpholine rings is 1. The average molecular weight is 388 g/mol. The first-order valence-corrected chi connectivity index (χ1v) is 8.98. The molecule has 0 aromatic heterocycles. The van der Waals surface area contributed by atoms with Crippen molar-refractivity contribution in [3.05, 3.63) is 70.0 Å². The Kier molecular flexibility index (Phi) is 5.94. The van der Waals surface area contributed by atoms with Crippen LogP contribution >= 0.6 is 11.6 Å². The molecule has 1 fully saturated rings. The molecular formula is C20H19ClFN3O2. The number of benzene rings is 2.